The fraction of sp³-hybridized carbons (Fsp3) is 0.0179. The van der Waals surface area contributed by atoms with Crippen molar-refractivity contribution in [1.29, 1.82) is 0 Å². The Kier molecular flexibility index (Phi) is 6.84. The summed E-state index contributed by atoms with van der Waals surface area (Å²) in [5.41, 5.74) is 19.2. The highest BCUT2D eigenvalue weighted by Crippen LogP contribution is 2.63. The van der Waals surface area contributed by atoms with Gasteiger partial charge in [-0.05, 0) is 115 Å². The van der Waals surface area contributed by atoms with E-state index in [4.69, 9.17) is 4.98 Å². The van der Waals surface area contributed by atoms with Gasteiger partial charge in [0.25, 0.3) is 0 Å². The Bertz CT molecular complexity index is 3450. The molecule has 0 atom stereocenters. The molecule has 0 N–H and O–H groups in total. The maximum atomic E-state index is 5.43. The van der Waals surface area contributed by atoms with Gasteiger partial charge in [0, 0.05) is 31.4 Å². The lowest BCUT2D eigenvalue weighted by molar-refractivity contribution is 0.794. The first-order valence-corrected chi connectivity index (χ1v) is 21.1. The van der Waals surface area contributed by atoms with Crippen LogP contribution in [-0.4, -0.2) is 9.55 Å². The molecule has 2 heterocycles. The van der Waals surface area contributed by atoms with Gasteiger partial charge in [0.2, 0.25) is 0 Å². The molecule has 13 rings (SSSR count). The van der Waals surface area contributed by atoms with E-state index >= 15 is 0 Å². The quantitative estimate of drug-likeness (QED) is 0.174. The third-order valence-electron chi connectivity index (χ3n) is 12.9. The number of rotatable bonds is 4. The average molecular weight is 767 g/mol. The molecule has 0 amide bonds. The summed E-state index contributed by atoms with van der Waals surface area (Å²) in [4.78, 5) is 5.43. The number of hydrogen-bond donors (Lipinski definition) is 0. The van der Waals surface area contributed by atoms with Gasteiger partial charge >= 0.3 is 0 Å². The van der Waals surface area contributed by atoms with Gasteiger partial charge in [0.1, 0.15) is 5.82 Å². The van der Waals surface area contributed by atoms with Gasteiger partial charge in [0.05, 0.1) is 16.4 Å². The van der Waals surface area contributed by atoms with Crippen LogP contribution in [-0.2, 0) is 5.41 Å². The van der Waals surface area contributed by atoms with Crippen LogP contribution < -0.4 is 0 Å². The van der Waals surface area contributed by atoms with E-state index in [9.17, 15) is 0 Å². The van der Waals surface area contributed by atoms with Crippen molar-refractivity contribution in [3.8, 4) is 61.6 Å². The van der Waals surface area contributed by atoms with Gasteiger partial charge in [-0.3, -0.25) is 4.57 Å². The second-order valence-electron chi connectivity index (χ2n) is 15.8. The van der Waals surface area contributed by atoms with Gasteiger partial charge in [-0.1, -0.05) is 158 Å². The van der Waals surface area contributed by atoms with Crippen molar-refractivity contribution in [3.05, 3.63) is 229 Å². The second-order valence-corrected chi connectivity index (χ2v) is 16.8. The lowest BCUT2D eigenvalue weighted by Gasteiger charge is -2.30. The van der Waals surface area contributed by atoms with E-state index in [0.29, 0.717) is 0 Å². The Hall–Kier alpha value is -7.33. The fourth-order valence-corrected chi connectivity index (χ4v) is 11.7. The minimum absolute atomic E-state index is 0.438. The van der Waals surface area contributed by atoms with Gasteiger partial charge < -0.3 is 0 Å². The molecule has 9 aromatic carbocycles. The maximum absolute atomic E-state index is 5.43. The molecule has 1 spiro atoms. The van der Waals surface area contributed by atoms with E-state index in [1.807, 2.05) is 11.3 Å². The third-order valence-corrected chi connectivity index (χ3v) is 14.1. The molecule has 11 aromatic rings. The summed E-state index contributed by atoms with van der Waals surface area (Å²) in [7, 11) is 0. The predicted molar refractivity (Wildman–Crippen MR) is 247 cm³/mol. The number of thiophene rings is 1. The Balaban J connectivity index is 1.12. The lowest BCUT2D eigenvalue weighted by atomic mass is 9.70. The van der Waals surface area contributed by atoms with Crippen molar-refractivity contribution in [2.24, 2.45) is 0 Å². The maximum Gasteiger partial charge on any atom is 0.146 e. The zero-order valence-corrected chi connectivity index (χ0v) is 32.7. The van der Waals surface area contributed by atoms with Crippen LogP contribution in [0.1, 0.15) is 22.3 Å². The predicted octanol–water partition coefficient (Wildman–Crippen LogP) is 14.7. The van der Waals surface area contributed by atoms with Crippen LogP contribution in [0.4, 0.5) is 0 Å². The first-order chi connectivity index (χ1) is 29.3. The lowest BCUT2D eigenvalue weighted by Crippen LogP contribution is -2.25. The first kappa shape index (κ1) is 32.7. The molecule has 2 aliphatic carbocycles. The molecule has 59 heavy (non-hydrogen) atoms. The molecule has 0 saturated heterocycles. The first-order valence-electron chi connectivity index (χ1n) is 20.3. The summed E-state index contributed by atoms with van der Waals surface area (Å²) in [5, 5.41) is 2.61. The molecule has 2 nitrogen and oxygen atoms in total. The highest BCUT2D eigenvalue weighted by atomic mass is 32.1. The van der Waals surface area contributed by atoms with Crippen molar-refractivity contribution in [1.82, 2.24) is 9.55 Å². The number of imidazole rings is 1. The van der Waals surface area contributed by atoms with E-state index in [0.717, 1.165) is 33.7 Å². The Morgan fingerprint density at radius 2 is 0.949 bits per heavy atom. The van der Waals surface area contributed by atoms with Crippen LogP contribution in [0.15, 0.2) is 206 Å². The van der Waals surface area contributed by atoms with Crippen molar-refractivity contribution in [2.75, 3.05) is 0 Å². The smallest absolute Gasteiger partial charge is 0.146 e. The van der Waals surface area contributed by atoms with Crippen molar-refractivity contribution >= 4 is 42.5 Å². The Morgan fingerprint density at radius 1 is 0.390 bits per heavy atom. The summed E-state index contributed by atoms with van der Waals surface area (Å²) in [6.07, 6.45) is 0. The van der Waals surface area contributed by atoms with E-state index in [1.54, 1.807) is 0 Å². The Labute approximate surface area is 346 Å². The summed E-state index contributed by atoms with van der Waals surface area (Å²) in [6, 6.07) is 76.1. The third kappa shape index (κ3) is 4.48. The summed E-state index contributed by atoms with van der Waals surface area (Å²) < 4.78 is 4.95. The molecule has 2 aromatic heterocycles. The standard InChI is InChI=1S/C56H34N2S/c1-2-15-37(16-3-1)58-52-27-12-11-26-51(52)57-55(58)45-32-30-35(38-21-14-22-44-43-20-7-13-28-53(43)59-54(38)44)33-46(45)36-29-31-42-41-19-6-10-25-49(41)56(50(42)34-36)47-23-8-4-17-39(47)40-18-5-9-24-48(40)56/h1-34H. The highest BCUT2D eigenvalue weighted by molar-refractivity contribution is 7.26. The van der Waals surface area contributed by atoms with Crippen molar-refractivity contribution in [3.63, 3.8) is 0 Å². The molecule has 0 saturated carbocycles. The molecule has 2 aliphatic rings. The SMILES string of the molecule is c1ccc(-n2c(-c3ccc(-c4cccc5c4sc4ccccc45)cc3-c3ccc4c(c3)C3(c5ccccc5-c5ccccc53)c3ccccc3-4)nc3ccccc32)cc1. The van der Waals surface area contributed by atoms with E-state index < -0.39 is 5.41 Å². The van der Waals surface area contributed by atoms with Crippen LogP contribution in [0.5, 0.6) is 0 Å². The van der Waals surface area contributed by atoms with Gasteiger partial charge in [-0.2, -0.15) is 0 Å². The topological polar surface area (TPSA) is 17.8 Å². The number of para-hydroxylation sites is 3. The molecule has 274 valence electrons. The molecule has 0 bridgehead atoms. The van der Waals surface area contributed by atoms with Crippen LogP contribution >= 0.6 is 11.3 Å². The largest absolute Gasteiger partial charge is 0.292 e. The number of fused-ring (bicyclic) bond motifs is 14. The Morgan fingerprint density at radius 3 is 1.69 bits per heavy atom. The summed E-state index contributed by atoms with van der Waals surface area (Å²) in [5.74, 6) is 0.925. The van der Waals surface area contributed by atoms with Crippen molar-refractivity contribution in [2.45, 2.75) is 5.41 Å². The minimum Gasteiger partial charge on any atom is -0.292 e. The van der Waals surface area contributed by atoms with E-state index in [1.165, 1.54) is 81.4 Å². The average Bonchev–Trinajstić information content (AvgIpc) is 4.04. The zero-order chi connectivity index (χ0) is 38.7. The number of nitrogens with zero attached hydrogens (tertiary/aromatic N) is 2. The van der Waals surface area contributed by atoms with Crippen LogP contribution in [0.2, 0.25) is 0 Å². The molecule has 3 heteroatoms. The van der Waals surface area contributed by atoms with E-state index in [-0.39, 0.29) is 0 Å². The van der Waals surface area contributed by atoms with Gasteiger partial charge in [-0.15, -0.1) is 11.3 Å². The van der Waals surface area contributed by atoms with Crippen LogP contribution in [0.3, 0.4) is 0 Å². The van der Waals surface area contributed by atoms with Gasteiger partial charge in [0.15, 0.2) is 0 Å². The van der Waals surface area contributed by atoms with Gasteiger partial charge in [-0.25, -0.2) is 4.98 Å². The minimum atomic E-state index is -0.438. The number of hydrogen-bond acceptors (Lipinski definition) is 2. The van der Waals surface area contributed by atoms with Crippen LogP contribution in [0, 0.1) is 0 Å². The van der Waals surface area contributed by atoms with Crippen molar-refractivity contribution < 1.29 is 0 Å². The summed E-state index contributed by atoms with van der Waals surface area (Å²) in [6.45, 7) is 0. The zero-order valence-electron chi connectivity index (χ0n) is 31.9. The molecule has 0 aliphatic heterocycles. The molecule has 0 fully saturated rings. The molecule has 0 unspecified atom stereocenters. The normalized spacial score (nSPS) is 13.2. The van der Waals surface area contributed by atoms with E-state index in [2.05, 4.69) is 211 Å². The summed E-state index contributed by atoms with van der Waals surface area (Å²) >= 11 is 1.88. The van der Waals surface area contributed by atoms with Crippen LogP contribution in [0.25, 0.3) is 92.8 Å². The highest BCUT2D eigenvalue weighted by Gasteiger charge is 2.51. The monoisotopic (exact) mass is 766 g/mol. The molecular weight excluding hydrogens is 733 g/mol. The fourth-order valence-electron chi connectivity index (χ4n) is 10.4. The molecular formula is C56H34N2S. The molecule has 0 radical (unpaired) electrons. The second kappa shape index (κ2) is 12.3. The number of aromatic nitrogens is 2. The number of benzene rings is 9.